The number of para-hydroxylation sites is 1. The maximum Gasteiger partial charge on any atom is 0.253 e. The molecule has 2 aliphatic rings. The lowest BCUT2D eigenvalue weighted by molar-refractivity contribution is -0.144. The number of benzene rings is 1. The van der Waals surface area contributed by atoms with E-state index < -0.39 is 0 Å². The average Bonchev–Trinajstić information content (AvgIpc) is 3.13. The molecular weight excluding hydrogens is 304 g/mol. The molecule has 1 aromatic heterocycles. The van der Waals surface area contributed by atoms with Gasteiger partial charge < -0.3 is 14.1 Å². The molecule has 0 N–H and O–H groups in total. The van der Waals surface area contributed by atoms with Crippen LogP contribution < -0.4 is 4.90 Å². The van der Waals surface area contributed by atoms with Crippen LogP contribution in [-0.2, 0) is 16.1 Å². The number of carbonyl (C=O) groups is 1. The normalized spacial score (nSPS) is 21.3. The second kappa shape index (κ2) is 6.42. The molecular formula is C19H22N2O3. The van der Waals surface area contributed by atoms with Crippen LogP contribution in [-0.4, -0.2) is 42.6 Å². The van der Waals surface area contributed by atoms with Crippen molar-refractivity contribution in [3.05, 3.63) is 54.5 Å². The number of rotatable bonds is 3. The second-order valence-corrected chi connectivity index (χ2v) is 6.69. The van der Waals surface area contributed by atoms with Gasteiger partial charge in [0.15, 0.2) is 0 Å². The largest absolute Gasteiger partial charge is 0.472 e. The summed E-state index contributed by atoms with van der Waals surface area (Å²) >= 11 is 0. The van der Waals surface area contributed by atoms with Crippen molar-refractivity contribution in [1.82, 2.24) is 4.90 Å². The first-order valence-electron chi connectivity index (χ1n) is 8.47. The Balaban J connectivity index is 1.42. The topological polar surface area (TPSA) is 45.9 Å². The number of hydrogen-bond acceptors (Lipinski definition) is 4. The van der Waals surface area contributed by atoms with E-state index in [2.05, 4.69) is 4.90 Å². The van der Waals surface area contributed by atoms with Gasteiger partial charge in [-0.25, -0.2) is 0 Å². The van der Waals surface area contributed by atoms with Crippen LogP contribution >= 0.6 is 0 Å². The predicted octanol–water partition coefficient (Wildman–Crippen LogP) is 2.68. The molecule has 24 heavy (non-hydrogen) atoms. The standard InChI is InChI=1S/C19H22N2O3/c22-18-14-24-19(15-21(18)17-4-2-1-3-5-17)7-9-20(10-8-19)12-16-6-11-23-13-16/h1-6,11,13H,7-10,12,14-15H2. The molecule has 126 valence electrons. The monoisotopic (exact) mass is 326 g/mol. The van der Waals surface area contributed by atoms with Gasteiger partial charge in [-0.15, -0.1) is 0 Å². The zero-order valence-electron chi connectivity index (χ0n) is 13.7. The highest BCUT2D eigenvalue weighted by Gasteiger charge is 2.42. The first-order valence-corrected chi connectivity index (χ1v) is 8.47. The summed E-state index contributed by atoms with van der Waals surface area (Å²) in [6.07, 6.45) is 5.41. The van der Waals surface area contributed by atoms with Crippen molar-refractivity contribution in [1.29, 1.82) is 0 Å². The van der Waals surface area contributed by atoms with Crippen molar-refractivity contribution >= 4 is 11.6 Å². The molecule has 2 aliphatic heterocycles. The van der Waals surface area contributed by atoms with E-state index in [0.29, 0.717) is 6.54 Å². The van der Waals surface area contributed by atoms with Crippen LogP contribution in [0.2, 0.25) is 0 Å². The van der Waals surface area contributed by atoms with Gasteiger partial charge in [0.25, 0.3) is 5.91 Å². The third kappa shape index (κ3) is 3.09. The Morgan fingerprint density at radius 2 is 1.88 bits per heavy atom. The molecule has 0 radical (unpaired) electrons. The van der Waals surface area contributed by atoms with Gasteiger partial charge in [0.05, 0.1) is 24.7 Å². The lowest BCUT2D eigenvalue weighted by Crippen LogP contribution is -2.58. The van der Waals surface area contributed by atoms with E-state index in [9.17, 15) is 4.79 Å². The van der Waals surface area contributed by atoms with Crippen molar-refractivity contribution in [2.75, 3.05) is 31.1 Å². The lowest BCUT2D eigenvalue weighted by atomic mass is 9.89. The molecule has 0 saturated carbocycles. The predicted molar refractivity (Wildman–Crippen MR) is 90.7 cm³/mol. The van der Waals surface area contributed by atoms with Gasteiger partial charge in [-0.3, -0.25) is 9.69 Å². The van der Waals surface area contributed by atoms with Crippen molar-refractivity contribution in [3.8, 4) is 0 Å². The fourth-order valence-corrected chi connectivity index (χ4v) is 3.62. The molecule has 0 aliphatic carbocycles. The Morgan fingerprint density at radius 1 is 1.08 bits per heavy atom. The van der Waals surface area contributed by atoms with Crippen molar-refractivity contribution < 1.29 is 13.9 Å². The van der Waals surface area contributed by atoms with Crippen LogP contribution in [0.3, 0.4) is 0 Å². The number of ether oxygens (including phenoxy) is 1. The Bertz CT molecular complexity index is 676. The Kier molecular flexibility index (Phi) is 4.12. The minimum Gasteiger partial charge on any atom is -0.472 e. The van der Waals surface area contributed by atoms with E-state index in [1.54, 1.807) is 12.5 Å². The van der Waals surface area contributed by atoms with E-state index in [0.717, 1.165) is 38.2 Å². The first kappa shape index (κ1) is 15.4. The van der Waals surface area contributed by atoms with Crippen LogP contribution in [0.5, 0.6) is 0 Å². The highest BCUT2D eigenvalue weighted by Crippen LogP contribution is 2.33. The minimum atomic E-state index is -0.212. The third-order valence-electron chi connectivity index (χ3n) is 5.07. The zero-order chi connectivity index (χ0) is 16.4. The van der Waals surface area contributed by atoms with Crippen molar-refractivity contribution in [2.24, 2.45) is 0 Å². The number of nitrogens with zero attached hydrogens (tertiary/aromatic N) is 2. The van der Waals surface area contributed by atoms with E-state index in [-0.39, 0.29) is 18.1 Å². The molecule has 0 atom stereocenters. The highest BCUT2D eigenvalue weighted by molar-refractivity contribution is 5.95. The minimum absolute atomic E-state index is 0.0488. The summed E-state index contributed by atoms with van der Waals surface area (Å²) in [5.41, 5.74) is 1.96. The van der Waals surface area contributed by atoms with Gasteiger partial charge in [-0.05, 0) is 31.0 Å². The van der Waals surface area contributed by atoms with Gasteiger partial charge in [0.1, 0.15) is 6.61 Å². The molecule has 3 heterocycles. The molecule has 4 rings (SSSR count). The second-order valence-electron chi connectivity index (χ2n) is 6.69. The number of carbonyl (C=O) groups excluding carboxylic acids is 1. The van der Waals surface area contributed by atoms with Gasteiger partial charge in [-0.2, -0.15) is 0 Å². The molecule has 2 saturated heterocycles. The Labute approximate surface area is 141 Å². The quantitative estimate of drug-likeness (QED) is 0.870. The highest BCUT2D eigenvalue weighted by atomic mass is 16.5. The number of amides is 1. The maximum atomic E-state index is 12.3. The van der Waals surface area contributed by atoms with Crippen LogP contribution in [0.15, 0.2) is 53.3 Å². The first-order chi connectivity index (χ1) is 11.7. The molecule has 2 fully saturated rings. The summed E-state index contributed by atoms with van der Waals surface area (Å²) in [5, 5.41) is 0. The number of furan rings is 1. The molecule has 1 amide bonds. The van der Waals surface area contributed by atoms with Crippen LogP contribution in [0.25, 0.3) is 0 Å². The van der Waals surface area contributed by atoms with Gasteiger partial charge in [0.2, 0.25) is 0 Å². The molecule has 5 nitrogen and oxygen atoms in total. The summed E-state index contributed by atoms with van der Waals surface area (Å²) in [7, 11) is 0. The number of morpholine rings is 1. The summed E-state index contributed by atoms with van der Waals surface area (Å²) in [6.45, 7) is 3.68. The van der Waals surface area contributed by atoms with E-state index >= 15 is 0 Å². The number of hydrogen-bond donors (Lipinski definition) is 0. The average molecular weight is 326 g/mol. The summed E-state index contributed by atoms with van der Waals surface area (Å²) < 4.78 is 11.2. The van der Waals surface area contributed by atoms with E-state index in [1.165, 1.54) is 5.56 Å². The Morgan fingerprint density at radius 3 is 2.58 bits per heavy atom. The fraction of sp³-hybridized carbons (Fsp3) is 0.421. The van der Waals surface area contributed by atoms with E-state index in [1.807, 2.05) is 41.3 Å². The summed E-state index contributed by atoms with van der Waals surface area (Å²) in [5.74, 6) is 0.0488. The van der Waals surface area contributed by atoms with E-state index in [4.69, 9.17) is 9.15 Å². The molecule has 1 spiro atoms. The third-order valence-corrected chi connectivity index (χ3v) is 5.07. The molecule has 0 bridgehead atoms. The van der Waals surface area contributed by atoms with Crippen LogP contribution in [0, 0.1) is 0 Å². The Hall–Kier alpha value is -2.11. The van der Waals surface area contributed by atoms with Gasteiger partial charge in [-0.1, -0.05) is 18.2 Å². The maximum absolute atomic E-state index is 12.3. The fourth-order valence-electron chi connectivity index (χ4n) is 3.62. The van der Waals surface area contributed by atoms with Gasteiger partial charge >= 0.3 is 0 Å². The zero-order valence-corrected chi connectivity index (χ0v) is 13.7. The van der Waals surface area contributed by atoms with Gasteiger partial charge in [0, 0.05) is 30.9 Å². The SMILES string of the molecule is O=C1COC2(CCN(Cc3ccoc3)CC2)CN1c1ccccc1. The smallest absolute Gasteiger partial charge is 0.253 e. The lowest BCUT2D eigenvalue weighted by Gasteiger charge is -2.47. The van der Waals surface area contributed by atoms with Crippen LogP contribution in [0.4, 0.5) is 5.69 Å². The number of likely N-dealkylation sites (tertiary alicyclic amines) is 1. The molecule has 2 aromatic rings. The molecule has 0 unspecified atom stereocenters. The number of anilines is 1. The summed E-state index contributed by atoms with van der Waals surface area (Å²) in [4.78, 5) is 16.6. The van der Waals surface area contributed by atoms with Crippen molar-refractivity contribution in [2.45, 2.75) is 25.0 Å². The number of piperidine rings is 1. The summed E-state index contributed by atoms with van der Waals surface area (Å²) in [6, 6.07) is 11.9. The molecule has 1 aromatic carbocycles. The van der Waals surface area contributed by atoms with Crippen molar-refractivity contribution in [3.63, 3.8) is 0 Å². The van der Waals surface area contributed by atoms with Crippen LogP contribution in [0.1, 0.15) is 18.4 Å². The molecule has 5 heteroatoms.